The summed E-state index contributed by atoms with van der Waals surface area (Å²) < 4.78 is 0. The van der Waals surface area contributed by atoms with E-state index in [0.717, 1.165) is 21.8 Å². The van der Waals surface area contributed by atoms with Crippen molar-refractivity contribution in [2.75, 3.05) is 0 Å². The van der Waals surface area contributed by atoms with Crippen molar-refractivity contribution in [1.82, 2.24) is 10.4 Å². The number of fused-ring (bicyclic) bond motifs is 3. The van der Waals surface area contributed by atoms with Gasteiger partial charge in [-0.15, -0.1) is 5.11 Å². The maximum atomic E-state index is 11.0. The normalized spacial score (nSPS) is 11.4. The molecule has 0 atom stereocenters. The molecule has 2 aromatic carbocycles. The lowest BCUT2D eigenvalue weighted by atomic mass is 10.1. The Morgan fingerprint density at radius 2 is 1.89 bits per heavy atom. The molecule has 0 aliphatic rings. The number of carbonyl (C=O) groups excluding carboxylic acids is 1. The third-order valence-corrected chi connectivity index (χ3v) is 2.89. The lowest BCUT2D eigenvalue weighted by molar-refractivity contribution is 0.248. The van der Waals surface area contributed by atoms with Crippen LogP contribution < -0.4 is 11.3 Å². The second-order valence-corrected chi connectivity index (χ2v) is 4.02. The summed E-state index contributed by atoms with van der Waals surface area (Å²) in [4.78, 5) is 14.3. The molecule has 3 aromatic rings. The second-order valence-electron chi connectivity index (χ2n) is 4.02. The summed E-state index contributed by atoms with van der Waals surface area (Å²) in [5, 5.41) is 9.52. The third-order valence-electron chi connectivity index (χ3n) is 2.89. The highest BCUT2D eigenvalue weighted by molar-refractivity contribution is 6.10. The van der Waals surface area contributed by atoms with Crippen molar-refractivity contribution < 1.29 is 4.79 Å². The lowest BCUT2D eigenvalue weighted by Crippen LogP contribution is -2.26. The third kappa shape index (κ3) is 1.94. The van der Waals surface area contributed by atoms with Crippen LogP contribution >= 0.6 is 0 Å². The van der Waals surface area contributed by atoms with Crippen molar-refractivity contribution in [3.8, 4) is 0 Å². The maximum absolute atomic E-state index is 11.0. The molecule has 1 aromatic heterocycles. The van der Waals surface area contributed by atoms with Gasteiger partial charge in [0.15, 0.2) is 0 Å². The number of nitrogens with two attached hydrogens (primary N) is 1. The zero-order valence-corrected chi connectivity index (χ0v) is 9.92. The van der Waals surface area contributed by atoms with Crippen molar-refractivity contribution >= 4 is 33.5 Å². The van der Waals surface area contributed by atoms with E-state index < -0.39 is 6.03 Å². The fourth-order valence-corrected chi connectivity index (χ4v) is 2.07. The van der Waals surface area contributed by atoms with Gasteiger partial charge in [0.1, 0.15) is 5.69 Å². The van der Waals surface area contributed by atoms with Crippen LogP contribution in [-0.2, 0) is 0 Å². The van der Waals surface area contributed by atoms with Crippen molar-refractivity contribution in [2.24, 2.45) is 16.1 Å². The van der Waals surface area contributed by atoms with Gasteiger partial charge in [-0.1, -0.05) is 35.4 Å². The van der Waals surface area contributed by atoms with Crippen LogP contribution in [0.15, 0.2) is 52.7 Å². The SMILES string of the molecule is NNC(=O)N=Nc1cccc2c1[nH]c1ccccc12. The molecule has 19 heavy (non-hydrogen) atoms. The molecule has 3 rings (SSSR count). The monoisotopic (exact) mass is 253 g/mol. The molecule has 0 saturated carbocycles. The molecule has 94 valence electrons. The van der Waals surface area contributed by atoms with Crippen molar-refractivity contribution in [3.05, 3.63) is 42.5 Å². The van der Waals surface area contributed by atoms with Crippen LogP contribution in [0.3, 0.4) is 0 Å². The molecule has 6 heteroatoms. The molecule has 0 aliphatic carbocycles. The van der Waals surface area contributed by atoms with Gasteiger partial charge >= 0.3 is 6.03 Å². The number of azo groups is 1. The number of urea groups is 1. The topological polar surface area (TPSA) is 95.6 Å². The molecule has 0 radical (unpaired) electrons. The van der Waals surface area contributed by atoms with Gasteiger partial charge in [-0.3, -0.25) is 5.43 Å². The van der Waals surface area contributed by atoms with E-state index in [1.54, 1.807) is 6.07 Å². The predicted octanol–water partition coefficient (Wildman–Crippen LogP) is 2.99. The van der Waals surface area contributed by atoms with E-state index in [1.165, 1.54) is 0 Å². The number of amides is 2. The van der Waals surface area contributed by atoms with Crippen LogP contribution in [0.25, 0.3) is 21.8 Å². The standard InChI is InChI=1S/C13H11N5O/c14-16-13(19)18-17-11-7-3-5-9-8-4-1-2-6-10(8)15-12(9)11/h1-7,15H,14H2,(H,16,19). The van der Waals surface area contributed by atoms with Gasteiger partial charge in [-0.2, -0.15) is 0 Å². The first-order valence-electron chi connectivity index (χ1n) is 5.71. The van der Waals surface area contributed by atoms with Crippen molar-refractivity contribution in [1.29, 1.82) is 0 Å². The summed E-state index contributed by atoms with van der Waals surface area (Å²) in [6.45, 7) is 0. The quantitative estimate of drug-likeness (QED) is 0.269. The summed E-state index contributed by atoms with van der Waals surface area (Å²) in [7, 11) is 0. The molecule has 2 amide bonds. The highest BCUT2D eigenvalue weighted by atomic mass is 16.2. The maximum Gasteiger partial charge on any atom is 0.373 e. The Bertz CT molecular complexity index is 790. The van der Waals surface area contributed by atoms with Gasteiger partial charge in [-0.25, -0.2) is 10.6 Å². The zero-order valence-electron chi connectivity index (χ0n) is 9.92. The molecule has 0 spiro atoms. The van der Waals surface area contributed by atoms with Gasteiger partial charge in [0.2, 0.25) is 0 Å². The van der Waals surface area contributed by atoms with Crippen LogP contribution in [0.4, 0.5) is 10.5 Å². The summed E-state index contributed by atoms with van der Waals surface area (Å²) in [6, 6.07) is 12.9. The largest absolute Gasteiger partial charge is 0.373 e. The number of para-hydroxylation sites is 2. The molecular weight excluding hydrogens is 242 g/mol. The number of carbonyl (C=O) groups is 1. The Hall–Kier alpha value is -2.73. The molecule has 0 unspecified atom stereocenters. The number of hydrogen-bond acceptors (Lipinski definition) is 3. The minimum absolute atomic E-state index is 0.595. The van der Waals surface area contributed by atoms with Crippen LogP contribution in [0.1, 0.15) is 0 Å². The van der Waals surface area contributed by atoms with E-state index in [0.29, 0.717) is 5.69 Å². The summed E-state index contributed by atoms with van der Waals surface area (Å²) >= 11 is 0. The Labute approximate surface area is 108 Å². The second kappa shape index (κ2) is 4.51. The zero-order chi connectivity index (χ0) is 13.2. The van der Waals surface area contributed by atoms with Crippen LogP contribution in [0, 0.1) is 0 Å². The fraction of sp³-hybridized carbons (Fsp3) is 0. The highest BCUT2D eigenvalue weighted by Gasteiger charge is 2.07. The first-order chi connectivity index (χ1) is 9.29. The van der Waals surface area contributed by atoms with Gasteiger partial charge in [-0.05, 0) is 12.1 Å². The summed E-state index contributed by atoms with van der Waals surface area (Å²) in [5.74, 6) is 4.95. The molecular formula is C13H11N5O. The van der Waals surface area contributed by atoms with Gasteiger partial charge in [0.05, 0.1) is 5.52 Å². The van der Waals surface area contributed by atoms with Gasteiger partial charge < -0.3 is 4.98 Å². The number of benzene rings is 2. The molecule has 6 nitrogen and oxygen atoms in total. The molecule has 1 heterocycles. The van der Waals surface area contributed by atoms with E-state index >= 15 is 0 Å². The van der Waals surface area contributed by atoms with Crippen molar-refractivity contribution in [3.63, 3.8) is 0 Å². The molecule has 4 N–H and O–H groups in total. The van der Waals surface area contributed by atoms with Crippen LogP contribution in [-0.4, -0.2) is 11.0 Å². The first kappa shape index (κ1) is 11.4. The fourth-order valence-electron chi connectivity index (χ4n) is 2.07. The van der Waals surface area contributed by atoms with E-state index in [4.69, 9.17) is 5.84 Å². The van der Waals surface area contributed by atoms with E-state index in [2.05, 4.69) is 15.2 Å². The van der Waals surface area contributed by atoms with E-state index in [9.17, 15) is 4.79 Å². The smallest absolute Gasteiger partial charge is 0.353 e. The van der Waals surface area contributed by atoms with Crippen molar-refractivity contribution in [2.45, 2.75) is 0 Å². The Morgan fingerprint density at radius 3 is 2.74 bits per heavy atom. The Morgan fingerprint density at radius 1 is 1.11 bits per heavy atom. The van der Waals surface area contributed by atoms with E-state index in [-0.39, 0.29) is 0 Å². The van der Waals surface area contributed by atoms with Crippen LogP contribution in [0.5, 0.6) is 0 Å². The first-order valence-corrected chi connectivity index (χ1v) is 5.71. The number of aromatic nitrogens is 1. The average Bonchev–Trinajstić information content (AvgIpc) is 2.84. The molecule has 0 bridgehead atoms. The summed E-state index contributed by atoms with van der Waals surface area (Å²) in [5.41, 5.74) is 4.36. The number of hydrogen-bond donors (Lipinski definition) is 3. The summed E-state index contributed by atoms with van der Waals surface area (Å²) in [6.07, 6.45) is 0. The molecule has 0 saturated heterocycles. The Balaban J connectivity index is 2.20. The minimum atomic E-state index is -0.687. The number of nitrogens with one attached hydrogen (secondary N) is 2. The van der Waals surface area contributed by atoms with Gasteiger partial charge in [0.25, 0.3) is 0 Å². The number of aromatic amines is 1. The Kier molecular flexibility index (Phi) is 2.70. The number of rotatable bonds is 1. The predicted molar refractivity (Wildman–Crippen MR) is 73.0 cm³/mol. The molecule has 0 aliphatic heterocycles. The minimum Gasteiger partial charge on any atom is -0.353 e. The highest BCUT2D eigenvalue weighted by Crippen LogP contribution is 2.31. The average molecular weight is 253 g/mol. The number of H-pyrrole nitrogens is 1. The number of hydrazine groups is 1. The van der Waals surface area contributed by atoms with Gasteiger partial charge in [0, 0.05) is 16.3 Å². The van der Waals surface area contributed by atoms with E-state index in [1.807, 2.05) is 41.8 Å². The molecule has 0 fully saturated rings. The number of nitrogens with zero attached hydrogens (tertiary/aromatic N) is 2. The van der Waals surface area contributed by atoms with Crippen LogP contribution in [0.2, 0.25) is 0 Å². The lowest BCUT2D eigenvalue weighted by Gasteiger charge is -1.95.